The van der Waals surface area contributed by atoms with E-state index < -0.39 is 0 Å². The fourth-order valence-electron chi connectivity index (χ4n) is 2.89. The van der Waals surface area contributed by atoms with Crippen molar-refractivity contribution in [2.45, 2.75) is 31.6 Å². The first kappa shape index (κ1) is 13.0. The first-order chi connectivity index (χ1) is 10.2. The van der Waals surface area contributed by atoms with Crippen molar-refractivity contribution in [1.82, 2.24) is 19.8 Å². The SMILES string of the molecule is Nc1ccc(Cl)cc1-c1nn2c(C3CCCC3)nnc2s1. The zero-order valence-corrected chi connectivity index (χ0v) is 12.9. The Balaban J connectivity index is 1.82. The van der Waals surface area contributed by atoms with Crippen LogP contribution < -0.4 is 5.73 Å². The van der Waals surface area contributed by atoms with Crippen molar-refractivity contribution < 1.29 is 0 Å². The Morgan fingerprint density at radius 2 is 2.05 bits per heavy atom. The normalized spacial score (nSPS) is 16.0. The Morgan fingerprint density at radius 1 is 1.24 bits per heavy atom. The van der Waals surface area contributed by atoms with Crippen LogP contribution in [-0.2, 0) is 0 Å². The van der Waals surface area contributed by atoms with Gasteiger partial charge in [-0.3, -0.25) is 0 Å². The van der Waals surface area contributed by atoms with Gasteiger partial charge in [-0.05, 0) is 31.0 Å². The third kappa shape index (κ3) is 2.18. The highest BCUT2D eigenvalue weighted by Crippen LogP contribution is 2.36. The molecule has 2 aromatic heterocycles. The Bertz CT molecular complexity index is 803. The van der Waals surface area contributed by atoms with E-state index in [0.29, 0.717) is 16.6 Å². The monoisotopic (exact) mass is 319 g/mol. The fraction of sp³-hybridized carbons (Fsp3) is 0.357. The lowest BCUT2D eigenvalue weighted by Crippen LogP contribution is -2.01. The van der Waals surface area contributed by atoms with E-state index in [1.807, 2.05) is 10.6 Å². The molecule has 0 bridgehead atoms. The summed E-state index contributed by atoms with van der Waals surface area (Å²) in [6, 6.07) is 5.43. The molecule has 0 aliphatic heterocycles. The molecule has 0 unspecified atom stereocenters. The van der Waals surface area contributed by atoms with Gasteiger partial charge < -0.3 is 5.73 Å². The van der Waals surface area contributed by atoms with E-state index in [0.717, 1.165) is 21.4 Å². The average molecular weight is 320 g/mol. The second-order valence-electron chi connectivity index (χ2n) is 5.37. The van der Waals surface area contributed by atoms with Gasteiger partial charge in [0.15, 0.2) is 5.82 Å². The molecule has 0 spiro atoms. The molecule has 4 rings (SSSR count). The van der Waals surface area contributed by atoms with Crippen molar-refractivity contribution in [2.24, 2.45) is 0 Å². The van der Waals surface area contributed by atoms with Gasteiger partial charge in [0.05, 0.1) is 0 Å². The number of nitrogens with zero attached hydrogens (tertiary/aromatic N) is 4. The molecule has 1 saturated carbocycles. The Hall–Kier alpha value is -1.66. The molecule has 2 N–H and O–H groups in total. The molecular formula is C14H14ClN5S. The molecule has 0 radical (unpaired) electrons. The fourth-order valence-corrected chi connectivity index (χ4v) is 3.95. The van der Waals surface area contributed by atoms with E-state index in [-0.39, 0.29) is 0 Å². The third-order valence-corrected chi connectivity index (χ3v) is 5.15. The van der Waals surface area contributed by atoms with Crippen LogP contribution in [0.3, 0.4) is 0 Å². The van der Waals surface area contributed by atoms with Crippen LogP contribution in [0.2, 0.25) is 5.02 Å². The summed E-state index contributed by atoms with van der Waals surface area (Å²) in [7, 11) is 0. The van der Waals surface area contributed by atoms with Gasteiger partial charge in [-0.15, -0.1) is 10.2 Å². The van der Waals surface area contributed by atoms with Gasteiger partial charge in [0.2, 0.25) is 4.96 Å². The topological polar surface area (TPSA) is 69.1 Å². The quantitative estimate of drug-likeness (QED) is 0.730. The molecule has 21 heavy (non-hydrogen) atoms. The van der Waals surface area contributed by atoms with Gasteiger partial charge >= 0.3 is 0 Å². The lowest BCUT2D eigenvalue weighted by Gasteiger charge is -2.04. The van der Waals surface area contributed by atoms with Crippen LogP contribution in [0.1, 0.15) is 37.4 Å². The molecule has 7 heteroatoms. The molecule has 2 heterocycles. The molecule has 1 aliphatic carbocycles. The molecule has 1 aliphatic rings. The average Bonchev–Trinajstić information content (AvgIpc) is 3.15. The highest BCUT2D eigenvalue weighted by molar-refractivity contribution is 7.19. The third-order valence-electron chi connectivity index (χ3n) is 3.98. The van der Waals surface area contributed by atoms with Crippen molar-refractivity contribution in [1.29, 1.82) is 0 Å². The smallest absolute Gasteiger partial charge is 0.234 e. The molecular weight excluding hydrogens is 306 g/mol. The van der Waals surface area contributed by atoms with E-state index in [1.54, 1.807) is 12.1 Å². The summed E-state index contributed by atoms with van der Waals surface area (Å²) in [5.41, 5.74) is 7.56. The first-order valence-electron chi connectivity index (χ1n) is 7.00. The van der Waals surface area contributed by atoms with Gasteiger partial charge in [0.1, 0.15) is 5.01 Å². The van der Waals surface area contributed by atoms with Crippen LogP contribution in [-0.4, -0.2) is 19.8 Å². The number of nitrogen functional groups attached to an aromatic ring is 1. The standard InChI is InChI=1S/C14H14ClN5S/c15-9-5-6-11(16)10(7-9)13-19-20-12(8-3-1-2-4-8)17-18-14(20)21-13/h5-8H,1-4,16H2. The minimum absolute atomic E-state index is 0.478. The Kier molecular flexibility index (Phi) is 3.08. The van der Waals surface area contributed by atoms with Crippen LogP contribution in [0.4, 0.5) is 5.69 Å². The Morgan fingerprint density at radius 3 is 2.86 bits per heavy atom. The molecule has 5 nitrogen and oxygen atoms in total. The van der Waals surface area contributed by atoms with Crippen molar-refractivity contribution in [2.75, 3.05) is 5.73 Å². The number of hydrogen-bond acceptors (Lipinski definition) is 5. The minimum atomic E-state index is 0.478. The van der Waals surface area contributed by atoms with E-state index >= 15 is 0 Å². The summed E-state index contributed by atoms with van der Waals surface area (Å²) in [6.07, 6.45) is 4.87. The number of rotatable bonds is 2. The molecule has 3 aromatic rings. The maximum Gasteiger partial charge on any atom is 0.234 e. The van der Waals surface area contributed by atoms with Crippen molar-refractivity contribution in [3.63, 3.8) is 0 Å². The van der Waals surface area contributed by atoms with Gasteiger partial charge in [-0.2, -0.15) is 9.61 Å². The first-order valence-corrected chi connectivity index (χ1v) is 8.19. The van der Waals surface area contributed by atoms with Crippen molar-refractivity contribution >= 4 is 33.6 Å². The maximum atomic E-state index is 6.06. The van der Waals surface area contributed by atoms with Gasteiger partial charge in [0, 0.05) is 22.2 Å². The number of fused-ring (bicyclic) bond motifs is 1. The number of nitrogens with two attached hydrogens (primary N) is 1. The second-order valence-corrected chi connectivity index (χ2v) is 6.77. The highest BCUT2D eigenvalue weighted by Gasteiger charge is 2.24. The van der Waals surface area contributed by atoms with Crippen molar-refractivity contribution in [3.05, 3.63) is 29.0 Å². The zero-order valence-electron chi connectivity index (χ0n) is 11.3. The highest BCUT2D eigenvalue weighted by atomic mass is 35.5. The number of benzene rings is 1. The maximum absolute atomic E-state index is 6.06. The summed E-state index contributed by atoms with van der Waals surface area (Å²) in [6.45, 7) is 0. The summed E-state index contributed by atoms with van der Waals surface area (Å²) in [5, 5.41) is 14.7. The summed E-state index contributed by atoms with van der Waals surface area (Å²) >= 11 is 7.55. The zero-order chi connectivity index (χ0) is 14.4. The van der Waals surface area contributed by atoms with Crippen LogP contribution in [0.15, 0.2) is 18.2 Å². The largest absolute Gasteiger partial charge is 0.398 e. The molecule has 1 fully saturated rings. The van der Waals surface area contributed by atoms with E-state index in [2.05, 4.69) is 15.3 Å². The number of aromatic nitrogens is 4. The molecule has 0 atom stereocenters. The molecule has 0 saturated heterocycles. The van der Waals surface area contributed by atoms with E-state index in [4.69, 9.17) is 17.3 Å². The van der Waals surface area contributed by atoms with E-state index in [1.165, 1.54) is 37.0 Å². The number of hydrogen-bond donors (Lipinski definition) is 1. The predicted octanol–water partition coefficient (Wildman–Crippen LogP) is 3.75. The van der Waals surface area contributed by atoms with Crippen LogP contribution in [0.25, 0.3) is 15.5 Å². The van der Waals surface area contributed by atoms with Crippen LogP contribution >= 0.6 is 22.9 Å². The summed E-state index contributed by atoms with van der Waals surface area (Å²) in [5.74, 6) is 1.46. The lowest BCUT2D eigenvalue weighted by molar-refractivity contribution is 0.641. The number of anilines is 1. The van der Waals surface area contributed by atoms with Crippen molar-refractivity contribution in [3.8, 4) is 10.6 Å². The summed E-state index contributed by atoms with van der Waals surface area (Å²) in [4.78, 5) is 0.811. The van der Waals surface area contributed by atoms with Gasteiger partial charge in [0.25, 0.3) is 0 Å². The lowest BCUT2D eigenvalue weighted by atomic mass is 10.1. The molecule has 108 valence electrons. The second kappa shape index (κ2) is 4.96. The van der Waals surface area contributed by atoms with Gasteiger partial charge in [-0.25, -0.2) is 0 Å². The Labute approximate surface area is 130 Å². The van der Waals surface area contributed by atoms with Gasteiger partial charge in [-0.1, -0.05) is 35.8 Å². The molecule has 1 aromatic carbocycles. The summed E-state index contributed by atoms with van der Waals surface area (Å²) < 4.78 is 1.87. The molecule has 0 amide bonds. The van der Waals surface area contributed by atoms with Crippen LogP contribution in [0, 0.1) is 0 Å². The van der Waals surface area contributed by atoms with Crippen LogP contribution in [0.5, 0.6) is 0 Å². The number of halogens is 1. The minimum Gasteiger partial charge on any atom is -0.398 e. The predicted molar refractivity (Wildman–Crippen MR) is 84.7 cm³/mol. The van der Waals surface area contributed by atoms with E-state index in [9.17, 15) is 0 Å².